The largest absolute Gasteiger partial charge is 0.352 e. The number of benzene rings is 1. The standard InChI is InChI=1S/C18H28N4O3/c1-6-12(2)19-17(24)13(3)20-18(25)21-16-9-7-8-15(10-16)11-22(5)14(4)23/h7-10,12-13H,6,11H2,1-5H3,(H,19,24)(H2,20,21,25)/t12-,13+/m0/s1. The number of nitrogens with zero attached hydrogens (tertiary/aromatic N) is 1. The maximum absolute atomic E-state index is 12.1. The summed E-state index contributed by atoms with van der Waals surface area (Å²) in [6.07, 6.45) is 0.826. The van der Waals surface area contributed by atoms with Gasteiger partial charge in [0.2, 0.25) is 11.8 Å². The lowest BCUT2D eigenvalue weighted by Gasteiger charge is -2.18. The first kappa shape index (κ1) is 20.5. The molecule has 0 spiro atoms. The second-order valence-corrected chi connectivity index (χ2v) is 6.21. The number of hydrogen-bond donors (Lipinski definition) is 3. The quantitative estimate of drug-likeness (QED) is 0.705. The molecule has 0 heterocycles. The summed E-state index contributed by atoms with van der Waals surface area (Å²) in [6.45, 7) is 7.48. The van der Waals surface area contributed by atoms with Gasteiger partial charge in [0.25, 0.3) is 0 Å². The molecule has 0 aliphatic heterocycles. The Morgan fingerprint density at radius 3 is 2.44 bits per heavy atom. The van der Waals surface area contributed by atoms with Crippen molar-refractivity contribution in [3.8, 4) is 0 Å². The molecule has 7 nitrogen and oxygen atoms in total. The van der Waals surface area contributed by atoms with Crippen LogP contribution < -0.4 is 16.0 Å². The Labute approximate surface area is 149 Å². The third kappa shape index (κ3) is 7.24. The number of carbonyl (C=O) groups excluding carboxylic acids is 3. The number of urea groups is 1. The highest BCUT2D eigenvalue weighted by atomic mass is 16.2. The van der Waals surface area contributed by atoms with Gasteiger partial charge in [-0.25, -0.2) is 4.79 Å². The Morgan fingerprint density at radius 2 is 1.84 bits per heavy atom. The van der Waals surface area contributed by atoms with Gasteiger partial charge in [-0.1, -0.05) is 19.1 Å². The maximum atomic E-state index is 12.1. The highest BCUT2D eigenvalue weighted by Gasteiger charge is 2.17. The minimum atomic E-state index is -0.638. The summed E-state index contributed by atoms with van der Waals surface area (Å²) in [5, 5.41) is 8.13. The monoisotopic (exact) mass is 348 g/mol. The number of nitrogens with one attached hydrogen (secondary N) is 3. The summed E-state index contributed by atoms with van der Waals surface area (Å²) in [4.78, 5) is 36.9. The Kier molecular flexibility index (Phi) is 7.91. The van der Waals surface area contributed by atoms with Gasteiger partial charge >= 0.3 is 6.03 Å². The van der Waals surface area contributed by atoms with E-state index < -0.39 is 12.1 Å². The average molecular weight is 348 g/mol. The van der Waals surface area contributed by atoms with Crippen molar-refractivity contribution in [2.75, 3.05) is 12.4 Å². The molecule has 0 saturated carbocycles. The van der Waals surface area contributed by atoms with E-state index in [9.17, 15) is 14.4 Å². The van der Waals surface area contributed by atoms with Crippen molar-refractivity contribution in [3.05, 3.63) is 29.8 Å². The van der Waals surface area contributed by atoms with Gasteiger partial charge in [-0.3, -0.25) is 9.59 Å². The minimum absolute atomic E-state index is 0.0303. The highest BCUT2D eigenvalue weighted by molar-refractivity contribution is 5.93. The molecule has 1 aromatic rings. The van der Waals surface area contributed by atoms with Crippen molar-refractivity contribution in [1.29, 1.82) is 0 Å². The van der Waals surface area contributed by atoms with Crippen molar-refractivity contribution in [2.45, 2.75) is 52.7 Å². The van der Waals surface area contributed by atoms with Gasteiger partial charge in [0, 0.05) is 32.2 Å². The van der Waals surface area contributed by atoms with Crippen LogP contribution in [0.1, 0.15) is 39.7 Å². The van der Waals surface area contributed by atoms with Gasteiger partial charge in [0.05, 0.1) is 0 Å². The van der Waals surface area contributed by atoms with Crippen LogP contribution in [0.25, 0.3) is 0 Å². The molecule has 25 heavy (non-hydrogen) atoms. The van der Waals surface area contributed by atoms with Gasteiger partial charge in [0.15, 0.2) is 0 Å². The number of anilines is 1. The molecule has 0 aliphatic carbocycles. The zero-order valence-corrected chi connectivity index (χ0v) is 15.6. The van der Waals surface area contributed by atoms with E-state index >= 15 is 0 Å². The van der Waals surface area contributed by atoms with Crippen LogP contribution in [0.2, 0.25) is 0 Å². The molecule has 138 valence electrons. The van der Waals surface area contributed by atoms with Crippen LogP contribution in [0, 0.1) is 0 Å². The van der Waals surface area contributed by atoms with E-state index in [4.69, 9.17) is 0 Å². The van der Waals surface area contributed by atoms with E-state index in [2.05, 4.69) is 16.0 Å². The number of hydrogen-bond acceptors (Lipinski definition) is 3. The van der Waals surface area contributed by atoms with E-state index in [0.29, 0.717) is 12.2 Å². The third-order valence-electron chi connectivity index (χ3n) is 3.88. The molecule has 3 N–H and O–H groups in total. The first-order valence-electron chi connectivity index (χ1n) is 8.41. The summed E-state index contributed by atoms with van der Waals surface area (Å²) < 4.78 is 0. The van der Waals surface area contributed by atoms with E-state index in [-0.39, 0.29) is 17.9 Å². The Balaban J connectivity index is 2.59. The number of amides is 4. The van der Waals surface area contributed by atoms with Gasteiger partial charge in [-0.15, -0.1) is 0 Å². The topological polar surface area (TPSA) is 90.5 Å². The molecule has 2 atom stereocenters. The molecule has 1 rings (SSSR count). The van der Waals surface area contributed by atoms with E-state index in [1.165, 1.54) is 6.92 Å². The van der Waals surface area contributed by atoms with Gasteiger partial charge in [0.1, 0.15) is 6.04 Å². The van der Waals surface area contributed by atoms with Crippen molar-refractivity contribution in [2.24, 2.45) is 0 Å². The van der Waals surface area contributed by atoms with Crippen molar-refractivity contribution in [3.63, 3.8) is 0 Å². The second kappa shape index (κ2) is 9.66. The summed E-state index contributed by atoms with van der Waals surface area (Å²) in [5.74, 6) is -0.251. The first-order valence-corrected chi connectivity index (χ1v) is 8.41. The number of carbonyl (C=O) groups is 3. The molecule has 1 aromatic carbocycles. The highest BCUT2D eigenvalue weighted by Crippen LogP contribution is 2.12. The minimum Gasteiger partial charge on any atom is -0.352 e. The Morgan fingerprint density at radius 1 is 1.16 bits per heavy atom. The average Bonchev–Trinajstić information content (AvgIpc) is 2.54. The molecule has 0 aromatic heterocycles. The zero-order valence-electron chi connectivity index (χ0n) is 15.6. The zero-order chi connectivity index (χ0) is 19.0. The molecular weight excluding hydrogens is 320 g/mol. The van der Waals surface area contributed by atoms with Crippen LogP contribution in [0.3, 0.4) is 0 Å². The smallest absolute Gasteiger partial charge is 0.319 e. The second-order valence-electron chi connectivity index (χ2n) is 6.21. The fraction of sp³-hybridized carbons (Fsp3) is 0.500. The van der Waals surface area contributed by atoms with Crippen LogP contribution in [-0.4, -0.2) is 41.9 Å². The predicted molar refractivity (Wildman–Crippen MR) is 98.1 cm³/mol. The fourth-order valence-electron chi connectivity index (χ4n) is 2.03. The van der Waals surface area contributed by atoms with Crippen molar-refractivity contribution in [1.82, 2.24) is 15.5 Å². The summed E-state index contributed by atoms with van der Waals surface area (Å²) in [5.41, 5.74) is 1.50. The van der Waals surface area contributed by atoms with Crippen molar-refractivity contribution >= 4 is 23.5 Å². The van der Waals surface area contributed by atoms with Gasteiger partial charge in [-0.2, -0.15) is 0 Å². The Bertz CT molecular complexity index is 618. The third-order valence-corrected chi connectivity index (χ3v) is 3.88. The van der Waals surface area contributed by atoms with E-state index in [1.807, 2.05) is 19.9 Å². The van der Waals surface area contributed by atoms with Crippen LogP contribution in [-0.2, 0) is 16.1 Å². The lowest BCUT2D eigenvalue weighted by Crippen LogP contribution is -2.48. The van der Waals surface area contributed by atoms with E-state index in [0.717, 1.165) is 12.0 Å². The molecule has 0 saturated heterocycles. The normalized spacial score (nSPS) is 12.7. The van der Waals surface area contributed by atoms with E-state index in [1.54, 1.807) is 37.1 Å². The molecule has 7 heteroatoms. The summed E-state index contributed by atoms with van der Waals surface area (Å²) in [6, 6.07) is 6.20. The van der Waals surface area contributed by atoms with Crippen LogP contribution >= 0.6 is 0 Å². The summed E-state index contributed by atoms with van der Waals surface area (Å²) in [7, 11) is 1.72. The lowest BCUT2D eigenvalue weighted by molar-refractivity contribution is -0.128. The summed E-state index contributed by atoms with van der Waals surface area (Å²) >= 11 is 0. The van der Waals surface area contributed by atoms with Crippen LogP contribution in [0.5, 0.6) is 0 Å². The first-order chi connectivity index (χ1) is 11.7. The SMILES string of the molecule is CC[C@H](C)NC(=O)[C@@H](C)NC(=O)Nc1cccc(CN(C)C(C)=O)c1. The Hall–Kier alpha value is -2.57. The molecule has 4 amide bonds. The van der Waals surface area contributed by atoms with Gasteiger partial charge < -0.3 is 20.9 Å². The number of rotatable bonds is 7. The predicted octanol–water partition coefficient (Wildman–Crippen LogP) is 2.09. The molecular formula is C18H28N4O3. The van der Waals surface area contributed by atoms with Crippen molar-refractivity contribution < 1.29 is 14.4 Å². The lowest BCUT2D eigenvalue weighted by atomic mass is 10.2. The van der Waals surface area contributed by atoms with Gasteiger partial charge in [-0.05, 0) is 38.0 Å². The fourth-order valence-corrected chi connectivity index (χ4v) is 2.03. The molecule has 0 radical (unpaired) electrons. The molecule has 0 bridgehead atoms. The molecule has 0 unspecified atom stereocenters. The maximum Gasteiger partial charge on any atom is 0.319 e. The molecule has 0 aliphatic rings. The molecule has 0 fully saturated rings. The van der Waals surface area contributed by atoms with Crippen LogP contribution in [0.4, 0.5) is 10.5 Å². The van der Waals surface area contributed by atoms with Crippen LogP contribution in [0.15, 0.2) is 24.3 Å².